The highest BCUT2D eigenvalue weighted by Gasteiger charge is 2.45. The number of nitrogens with two attached hydrogens (primary N) is 1. The predicted molar refractivity (Wildman–Crippen MR) is 57.7 cm³/mol. The van der Waals surface area contributed by atoms with Crippen molar-refractivity contribution >= 4 is 27.3 Å². The summed E-state index contributed by atoms with van der Waals surface area (Å²) in [5.74, 6) is 0.368. The van der Waals surface area contributed by atoms with Gasteiger partial charge >= 0.3 is 0 Å². The van der Waals surface area contributed by atoms with Gasteiger partial charge in [0.1, 0.15) is 5.60 Å². The zero-order valence-electron chi connectivity index (χ0n) is 7.16. The molecule has 1 fully saturated rings. The molecule has 1 saturated carbocycles. The standard InChI is InChI=1S/C9H12BrNOS/c10-7-3-4-13-8(7)9(12,5-11)6-1-2-6/h3-4,6,12H,1-2,5,11H2. The first kappa shape index (κ1) is 9.65. The van der Waals surface area contributed by atoms with Crippen molar-refractivity contribution in [3.8, 4) is 0 Å². The Balaban J connectivity index is 2.35. The highest BCUT2D eigenvalue weighted by Crippen LogP contribution is 2.48. The normalized spacial score (nSPS) is 21.5. The summed E-state index contributed by atoms with van der Waals surface area (Å²) < 4.78 is 0.984. The third-order valence-electron chi connectivity index (χ3n) is 2.57. The van der Waals surface area contributed by atoms with Crippen molar-refractivity contribution in [2.24, 2.45) is 11.7 Å². The number of aliphatic hydroxyl groups is 1. The van der Waals surface area contributed by atoms with E-state index in [9.17, 15) is 5.11 Å². The predicted octanol–water partition coefficient (Wildman–Crippen LogP) is 2.07. The molecular weight excluding hydrogens is 250 g/mol. The summed E-state index contributed by atoms with van der Waals surface area (Å²) in [6.07, 6.45) is 2.19. The maximum atomic E-state index is 10.4. The zero-order valence-corrected chi connectivity index (χ0v) is 9.57. The Morgan fingerprint density at radius 2 is 2.38 bits per heavy atom. The van der Waals surface area contributed by atoms with Gasteiger partial charge in [0.2, 0.25) is 0 Å². The maximum absolute atomic E-state index is 10.4. The molecular formula is C9H12BrNOS. The largest absolute Gasteiger partial charge is 0.383 e. The van der Waals surface area contributed by atoms with E-state index in [1.807, 2.05) is 11.4 Å². The lowest BCUT2D eigenvalue weighted by atomic mass is 9.96. The molecule has 13 heavy (non-hydrogen) atoms. The molecule has 0 radical (unpaired) electrons. The Morgan fingerprint density at radius 3 is 2.77 bits per heavy atom. The van der Waals surface area contributed by atoms with Crippen LogP contribution in [0.3, 0.4) is 0 Å². The lowest BCUT2D eigenvalue weighted by Gasteiger charge is -2.25. The Kier molecular flexibility index (Phi) is 2.49. The minimum atomic E-state index is -0.785. The molecule has 1 atom stereocenters. The quantitative estimate of drug-likeness (QED) is 0.875. The first-order chi connectivity index (χ1) is 6.18. The van der Waals surface area contributed by atoms with Gasteiger partial charge in [-0.2, -0.15) is 0 Å². The van der Waals surface area contributed by atoms with Gasteiger partial charge in [-0.1, -0.05) is 0 Å². The van der Waals surface area contributed by atoms with Crippen molar-refractivity contribution in [3.05, 3.63) is 20.8 Å². The Bertz CT molecular complexity index is 310. The van der Waals surface area contributed by atoms with Crippen LogP contribution >= 0.6 is 27.3 Å². The molecule has 72 valence electrons. The summed E-state index contributed by atoms with van der Waals surface area (Å²) in [5, 5.41) is 12.3. The van der Waals surface area contributed by atoms with Crippen molar-refractivity contribution in [3.63, 3.8) is 0 Å². The van der Waals surface area contributed by atoms with Gasteiger partial charge in [-0.15, -0.1) is 11.3 Å². The van der Waals surface area contributed by atoms with Crippen LogP contribution in [0.1, 0.15) is 17.7 Å². The third-order valence-corrected chi connectivity index (χ3v) is 4.58. The molecule has 1 aliphatic rings. The van der Waals surface area contributed by atoms with Crippen molar-refractivity contribution in [1.82, 2.24) is 0 Å². The second kappa shape index (κ2) is 3.35. The number of rotatable bonds is 3. The maximum Gasteiger partial charge on any atom is 0.115 e. The van der Waals surface area contributed by atoms with Gasteiger partial charge in [0.05, 0.1) is 4.88 Å². The molecule has 1 unspecified atom stereocenters. The summed E-state index contributed by atoms with van der Waals surface area (Å²) in [4.78, 5) is 0.984. The number of halogens is 1. The minimum Gasteiger partial charge on any atom is -0.383 e. The van der Waals surface area contributed by atoms with E-state index in [1.165, 1.54) is 0 Å². The fraction of sp³-hybridized carbons (Fsp3) is 0.556. The first-order valence-electron chi connectivity index (χ1n) is 4.34. The lowest BCUT2D eigenvalue weighted by molar-refractivity contribution is 0.0253. The molecule has 0 amide bonds. The second-order valence-electron chi connectivity index (χ2n) is 3.50. The average Bonchev–Trinajstić information content (AvgIpc) is 2.89. The molecule has 0 spiro atoms. The molecule has 4 heteroatoms. The molecule has 2 rings (SSSR count). The summed E-state index contributed by atoms with van der Waals surface area (Å²) in [5.41, 5.74) is 4.86. The van der Waals surface area contributed by atoms with Gasteiger partial charge < -0.3 is 10.8 Å². The Hall–Kier alpha value is 0.100. The Labute approximate surface area is 89.9 Å². The number of hydrogen-bond acceptors (Lipinski definition) is 3. The SMILES string of the molecule is NCC(O)(c1sccc1Br)C1CC1. The van der Waals surface area contributed by atoms with E-state index in [-0.39, 0.29) is 0 Å². The van der Waals surface area contributed by atoms with Crippen LogP contribution < -0.4 is 5.73 Å². The van der Waals surface area contributed by atoms with E-state index < -0.39 is 5.60 Å². The van der Waals surface area contributed by atoms with Gasteiger partial charge in [-0.05, 0) is 46.1 Å². The highest BCUT2D eigenvalue weighted by atomic mass is 79.9. The fourth-order valence-electron chi connectivity index (χ4n) is 1.61. The molecule has 0 aromatic carbocycles. The highest BCUT2D eigenvalue weighted by molar-refractivity contribution is 9.10. The molecule has 0 aliphatic heterocycles. The van der Waals surface area contributed by atoms with Crippen LogP contribution in [-0.4, -0.2) is 11.7 Å². The van der Waals surface area contributed by atoms with Gasteiger partial charge in [0.15, 0.2) is 0 Å². The van der Waals surface area contributed by atoms with E-state index in [4.69, 9.17) is 5.73 Å². The minimum absolute atomic E-state index is 0.316. The van der Waals surface area contributed by atoms with Gasteiger partial charge in [0, 0.05) is 11.0 Å². The molecule has 0 bridgehead atoms. The smallest absolute Gasteiger partial charge is 0.115 e. The van der Waals surface area contributed by atoms with Gasteiger partial charge in [0.25, 0.3) is 0 Å². The van der Waals surface area contributed by atoms with Crippen molar-refractivity contribution < 1.29 is 5.11 Å². The number of hydrogen-bond donors (Lipinski definition) is 2. The van der Waals surface area contributed by atoms with Crippen molar-refractivity contribution in [2.45, 2.75) is 18.4 Å². The average molecular weight is 262 g/mol. The van der Waals surface area contributed by atoms with Crippen LogP contribution in [0.4, 0.5) is 0 Å². The molecule has 1 heterocycles. The van der Waals surface area contributed by atoms with Crippen LogP contribution in [0.15, 0.2) is 15.9 Å². The van der Waals surface area contributed by atoms with Crippen LogP contribution in [0.5, 0.6) is 0 Å². The van der Waals surface area contributed by atoms with Crippen LogP contribution in [0.25, 0.3) is 0 Å². The molecule has 1 aromatic heterocycles. The van der Waals surface area contributed by atoms with Crippen LogP contribution in [0.2, 0.25) is 0 Å². The monoisotopic (exact) mass is 261 g/mol. The van der Waals surface area contributed by atoms with Crippen molar-refractivity contribution in [1.29, 1.82) is 0 Å². The summed E-state index contributed by atoms with van der Waals surface area (Å²) >= 11 is 5.01. The molecule has 1 aliphatic carbocycles. The van der Waals surface area contributed by atoms with E-state index in [0.717, 1.165) is 22.2 Å². The lowest BCUT2D eigenvalue weighted by Crippen LogP contribution is -2.36. The topological polar surface area (TPSA) is 46.2 Å². The van der Waals surface area contributed by atoms with Crippen LogP contribution in [0, 0.1) is 5.92 Å². The number of thiophene rings is 1. The van der Waals surface area contributed by atoms with E-state index >= 15 is 0 Å². The molecule has 3 N–H and O–H groups in total. The van der Waals surface area contributed by atoms with E-state index in [0.29, 0.717) is 12.5 Å². The fourth-order valence-corrected chi connectivity index (χ4v) is 3.51. The van der Waals surface area contributed by atoms with Crippen molar-refractivity contribution in [2.75, 3.05) is 6.54 Å². The molecule has 1 aromatic rings. The van der Waals surface area contributed by atoms with Gasteiger partial charge in [-0.3, -0.25) is 0 Å². The van der Waals surface area contributed by atoms with Crippen LogP contribution in [-0.2, 0) is 5.60 Å². The van der Waals surface area contributed by atoms with E-state index in [1.54, 1.807) is 11.3 Å². The zero-order chi connectivity index (χ0) is 9.47. The summed E-state index contributed by atoms with van der Waals surface area (Å²) in [6, 6.07) is 1.96. The molecule has 0 saturated heterocycles. The van der Waals surface area contributed by atoms with E-state index in [2.05, 4.69) is 15.9 Å². The molecule has 2 nitrogen and oxygen atoms in total. The summed E-state index contributed by atoms with van der Waals surface area (Å²) in [6.45, 7) is 0.316. The second-order valence-corrected chi connectivity index (χ2v) is 5.27. The first-order valence-corrected chi connectivity index (χ1v) is 6.01. The third kappa shape index (κ3) is 1.56. The Morgan fingerprint density at radius 1 is 1.69 bits per heavy atom. The summed E-state index contributed by atoms with van der Waals surface area (Å²) in [7, 11) is 0. The van der Waals surface area contributed by atoms with Gasteiger partial charge in [-0.25, -0.2) is 0 Å².